The number of hydrogen-bond donors (Lipinski definition) is 0. The van der Waals surface area contributed by atoms with E-state index in [4.69, 9.17) is 0 Å². The van der Waals surface area contributed by atoms with Crippen LogP contribution < -0.4 is 29.6 Å². The Morgan fingerprint density at radius 1 is 0.800 bits per heavy atom. The van der Waals surface area contributed by atoms with Crippen LogP contribution in [0.25, 0.3) is 0 Å². The Balaban J connectivity index is 0. The maximum atomic E-state index is 0. The van der Waals surface area contributed by atoms with E-state index in [9.17, 15) is 0 Å². The average molecular weight is 120 g/mol. The van der Waals surface area contributed by atoms with Gasteiger partial charge in [0.25, 0.3) is 0 Å². The monoisotopic (exact) mass is 120 g/mol. The Kier molecular flexibility index (Phi) is 754. The molecule has 0 amide bonds. The normalized spacial score (nSPS) is 0. The Morgan fingerprint density at radius 3 is 0.800 bits per heavy atom. The number of hydrogen-bond acceptors (Lipinski definition) is 1. The van der Waals surface area contributed by atoms with Crippen molar-refractivity contribution in [3.05, 3.63) is 0 Å². The molecule has 0 heterocycles. The summed E-state index contributed by atoms with van der Waals surface area (Å²) in [5, 5.41) is 0. The minimum absolute atomic E-state index is 0. The molecule has 0 radical (unpaired) electrons. The molecule has 0 spiro atoms. The molecule has 24 valence electrons. The van der Waals surface area contributed by atoms with Gasteiger partial charge in [0.05, 0.1) is 0 Å². The van der Waals surface area contributed by atoms with Gasteiger partial charge in [0.15, 0.2) is 0 Å². The van der Waals surface area contributed by atoms with Gasteiger partial charge in [0.1, 0.15) is 0 Å². The average Bonchev–Trinajstić information content (AvgIpc) is 0. The minimum atomic E-state index is 0. The first-order valence-corrected chi connectivity index (χ1v) is 0. The standard InChI is InChI=1S/Na.H2O.2O.Ti/h;1H2;;;/q+1;;2*-2;+4/p-1. The summed E-state index contributed by atoms with van der Waals surface area (Å²) in [7, 11) is 0. The zero-order valence-electron chi connectivity index (χ0n) is 2.76. The van der Waals surface area contributed by atoms with Crippen molar-refractivity contribution in [1.82, 2.24) is 0 Å². The summed E-state index contributed by atoms with van der Waals surface area (Å²) in [5.74, 6) is 0. The van der Waals surface area contributed by atoms with Crippen molar-refractivity contribution in [1.29, 1.82) is 0 Å². The van der Waals surface area contributed by atoms with Crippen LogP contribution in [0.15, 0.2) is 0 Å². The molecule has 0 atom stereocenters. The van der Waals surface area contributed by atoms with Gasteiger partial charge in [-0.15, -0.1) is 0 Å². The van der Waals surface area contributed by atoms with Crippen LogP contribution in [-0.2, 0) is 32.7 Å². The molecule has 0 aliphatic heterocycles. The van der Waals surface area contributed by atoms with E-state index in [0.29, 0.717) is 0 Å². The zero-order chi connectivity index (χ0) is 0. The molecule has 0 aromatic rings. The first-order chi connectivity index (χ1) is 0. The van der Waals surface area contributed by atoms with E-state index in [1.807, 2.05) is 0 Å². The number of rotatable bonds is 0. The van der Waals surface area contributed by atoms with Gasteiger partial charge in [-0.25, -0.2) is 0 Å². The van der Waals surface area contributed by atoms with Gasteiger partial charge < -0.3 is 16.4 Å². The summed E-state index contributed by atoms with van der Waals surface area (Å²) in [6.45, 7) is 0. The molecule has 3 nitrogen and oxygen atoms in total. The van der Waals surface area contributed by atoms with Crippen molar-refractivity contribution in [3.8, 4) is 0 Å². The van der Waals surface area contributed by atoms with E-state index in [1.54, 1.807) is 0 Å². The quantitative estimate of drug-likeness (QED) is 0.306. The molecular weight excluding hydrogens is 119 g/mol. The maximum Gasteiger partial charge on any atom is 4.00 e. The third-order valence-electron chi connectivity index (χ3n) is 0. The molecule has 5 heteroatoms. The predicted octanol–water partition coefficient (Wildman–Crippen LogP) is -3.41. The van der Waals surface area contributed by atoms with E-state index in [2.05, 4.69) is 0 Å². The van der Waals surface area contributed by atoms with Crippen LogP contribution in [0, 0.1) is 0 Å². The molecule has 0 aromatic heterocycles. The second-order valence-electron chi connectivity index (χ2n) is 0. The molecule has 0 fully saturated rings. The fraction of sp³-hybridized carbons (Fsp3) is 0. The second-order valence-corrected chi connectivity index (χ2v) is 0. The van der Waals surface area contributed by atoms with E-state index in [0.717, 1.165) is 0 Å². The fourth-order valence-corrected chi connectivity index (χ4v) is 0. The summed E-state index contributed by atoms with van der Waals surface area (Å²) in [5.41, 5.74) is 0. The van der Waals surface area contributed by atoms with Crippen LogP contribution in [0.3, 0.4) is 0 Å². The van der Waals surface area contributed by atoms with Crippen LogP contribution in [0.1, 0.15) is 0 Å². The van der Waals surface area contributed by atoms with Gasteiger partial charge >= 0.3 is 51.3 Å². The first kappa shape index (κ1) is 81.2. The molecule has 0 aliphatic carbocycles. The van der Waals surface area contributed by atoms with Crippen LogP contribution in [0.5, 0.6) is 0 Å². The molecule has 0 aliphatic rings. The first-order valence-electron chi connectivity index (χ1n) is 0. The molecule has 0 bridgehead atoms. The Labute approximate surface area is 67.2 Å². The third kappa shape index (κ3) is 28.4. The van der Waals surface area contributed by atoms with Gasteiger partial charge in [-0.3, -0.25) is 0 Å². The molecule has 1 N–H and O–H groups in total. The van der Waals surface area contributed by atoms with Gasteiger partial charge in [0, 0.05) is 0 Å². The van der Waals surface area contributed by atoms with Crippen molar-refractivity contribution in [2.24, 2.45) is 0 Å². The maximum absolute atomic E-state index is 0. The van der Waals surface area contributed by atoms with Crippen LogP contribution in [-0.4, -0.2) is 5.48 Å². The van der Waals surface area contributed by atoms with E-state index >= 15 is 0 Å². The van der Waals surface area contributed by atoms with Gasteiger partial charge in [0.2, 0.25) is 0 Å². The summed E-state index contributed by atoms with van der Waals surface area (Å²) >= 11 is 0. The van der Waals surface area contributed by atoms with Gasteiger partial charge in [-0.05, 0) is 0 Å². The van der Waals surface area contributed by atoms with Crippen molar-refractivity contribution in [2.45, 2.75) is 0 Å². The molecule has 0 saturated carbocycles. The Morgan fingerprint density at radius 2 is 0.800 bits per heavy atom. The predicted molar refractivity (Wildman–Crippen MR) is 3.31 cm³/mol. The summed E-state index contributed by atoms with van der Waals surface area (Å²) in [6, 6.07) is 0. The zero-order valence-corrected chi connectivity index (χ0v) is 6.33. The SMILES string of the molecule is [Na+].[O-2].[O-2].[OH-].[Ti+4]. The largest absolute Gasteiger partial charge is 4.00 e. The molecule has 0 aromatic carbocycles. The van der Waals surface area contributed by atoms with E-state index in [1.165, 1.54) is 0 Å². The van der Waals surface area contributed by atoms with E-state index in [-0.39, 0.29) is 67.7 Å². The summed E-state index contributed by atoms with van der Waals surface area (Å²) in [4.78, 5) is 0. The second kappa shape index (κ2) is 46.5. The fourth-order valence-electron chi connectivity index (χ4n) is 0. The Hall–Kier alpha value is 1.59. The van der Waals surface area contributed by atoms with Gasteiger partial charge in [-0.1, -0.05) is 0 Å². The van der Waals surface area contributed by atoms with Crippen molar-refractivity contribution < 1.29 is 67.7 Å². The van der Waals surface area contributed by atoms with Crippen LogP contribution >= 0.6 is 0 Å². The third-order valence-corrected chi connectivity index (χ3v) is 0. The molecule has 5 heavy (non-hydrogen) atoms. The van der Waals surface area contributed by atoms with Crippen LogP contribution in [0.2, 0.25) is 0 Å². The molecule has 0 unspecified atom stereocenters. The molecular formula is HNaO3Ti. The minimum Gasteiger partial charge on any atom is -2.00 e. The van der Waals surface area contributed by atoms with Gasteiger partial charge in [-0.2, -0.15) is 0 Å². The smallest absolute Gasteiger partial charge is 2.00 e. The molecule has 0 rings (SSSR count). The Bertz CT molecular complexity index is 6.85. The van der Waals surface area contributed by atoms with Crippen molar-refractivity contribution in [2.75, 3.05) is 0 Å². The van der Waals surface area contributed by atoms with Crippen molar-refractivity contribution in [3.63, 3.8) is 0 Å². The summed E-state index contributed by atoms with van der Waals surface area (Å²) in [6.07, 6.45) is 0. The van der Waals surface area contributed by atoms with Crippen molar-refractivity contribution >= 4 is 0 Å². The van der Waals surface area contributed by atoms with Crippen LogP contribution in [0.4, 0.5) is 0 Å². The topological polar surface area (TPSA) is 87.0 Å². The molecule has 0 saturated heterocycles. The van der Waals surface area contributed by atoms with E-state index < -0.39 is 0 Å². The summed E-state index contributed by atoms with van der Waals surface area (Å²) < 4.78 is 0.